The second-order valence-electron chi connectivity index (χ2n) is 5.75. The third-order valence-electron chi connectivity index (χ3n) is 3.63. The normalized spacial score (nSPS) is 10.5. The lowest BCUT2D eigenvalue weighted by Crippen LogP contribution is -2.24. The molecule has 0 bridgehead atoms. The van der Waals surface area contributed by atoms with Gasteiger partial charge in [-0.05, 0) is 42.8 Å². The number of carbonyl (C=O) groups excluding carboxylic acids is 1. The Morgan fingerprint density at radius 3 is 2.52 bits per heavy atom. The summed E-state index contributed by atoms with van der Waals surface area (Å²) in [5, 5.41) is 5.66. The highest BCUT2D eigenvalue weighted by Crippen LogP contribution is 2.22. The number of anilines is 2. The van der Waals surface area contributed by atoms with Crippen molar-refractivity contribution in [2.45, 2.75) is 13.5 Å². The number of hydrogen-bond acceptors (Lipinski definition) is 4. The van der Waals surface area contributed by atoms with Crippen LogP contribution < -0.4 is 10.6 Å². The lowest BCUT2D eigenvalue weighted by molar-refractivity contribution is 0.0945. The van der Waals surface area contributed by atoms with Crippen LogP contribution in [0.4, 0.5) is 20.3 Å². The summed E-state index contributed by atoms with van der Waals surface area (Å²) in [5.41, 5.74) is 1.45. The van der Waals surface area contributed by atoms with Crippen molar-refractivity contribution in [1.82, 2.24) is 15.3 Å². The van der Waals surface area contributed by atoms with Gasteiger partial charge in [0, 0.05) is 18.3 Å². The summed E-state index contributed by atoms with van der Waals surface area (Å²) in [6.07, 6.45) is 0. The molecule has 138 valence electrons. The molecule has 2 N–H and O–H groups in total. The number of rotatable bonds is 5. The van der Waals surface area contributed by atoms with E-state index in [4.69, 9.17) is 11.6 Å². The van der Waals surface area contributed by atoms with Gasteiger partial charge in [0.25, 0.3) is 5.91 Å². The number of halogens is 3. The molecule has 27 heavy (non-hydrogen) atoms. The lowest BCUT2D eigenvalue weighted by atomic mass is 10.2. The topological polar surface area (TPSA) is 66.9 Å². The van der Waals surface area contributed by atoms with E-state index in [-0.39, 0.29) is 23.1 Å². The highest BCUT2D eigenvalue weighted by atomic mass is 35.5. The van der Waals surface area contributed by atoms with Crippen molar-refractivity contribution in [3.05, 3.63) is 82.3 Å². The van der Waals surface area contributed by atoms with E-state index in [0.29, 0.717) is 17.3 Å². The van der Waals surface area contributed by atoms with Crippen LogP contribution in [0.5, 0.6) is 0 Å². The smallest absolute Gasteiger partial charge is 0.270 e. The molecule has 0 saturated carbocycles. The molecular formula is C19H15ClF2N4O. The van der Waals surface area contributed by atoms with Crippen LogP contribution in [0.2, 0.25) is 5.02 Å². The number of amides is 1. The van der Waals surface area contributed by atoms with Crippen molar-refractivity contribution in [3.63, 3.8) is 0 Å². The van der Waals surface area contributed by atoms with Gasteiger partial charge in [0.05, 0.1) is 5.02 Å². The van der Waals surface area contributed by atoms with Crippen LogP contribution in [0.25, 0.3) is 0 Å². The van der Waals surface area contributed by atoms with E-state index >= 15 is 0 Å². The fourth-order valence-electron chi connectivity index (χ4n) is 2.34. The van der Waals surface area contributed by atoms with Crippen LogP contribution in [-0.4, -0.2) is 15.9 Å². The molecule has 1 heterocycles. The monoisotopic (exact) mass is 388 g/mol. The largest absolute Gasteiger partial charge is 0.347 e. The Bertz CT molecular complexity index is 980. The molecule has 1 amide bonds. The molecule has 0 radical (unpaired) electrons. The van der Waals surface area contributed by atoms with E-state index in [1.54, 1.807) is 19.1 Å². The molecule has 0 aliphatic carbocycles. The molecule has 8 heteroatoms. The van der Waals surface area contributed by atoms with E-state index in [0.717, 1.165) is 5.56 Å². The Morgan fingerprint density at radius 1 is 1.07 bits per heavy atom. The molecule has 0 atom stereocenters. The van der Waals surface area contributed by atoms with Gasteiger partial charge in [-0.15, -0.1) is 0 Å². The Hall–Kier alpha value is -3.06. The molecule has 0 fully saturated rings. The summed E-state index contributed by atoms with van der Waals surface area (Å²) in [6.45, 7) is 1.89. The Kier molecular flexibility index (Phi) is 5.61. The van der Waals surface area contributed by atoms with Crippen LogP contribution in [0.3, 0.4) is 0 Å². The Balaban J connectivity index is 1.72. The fourth-order valence-corrected chi connectivity index (χ4v) is 2.53. The maximum absolute atomic E-state index is 13.3. The zero-order valence-electron chi connectivity index (χ0n) is 14.3. The molecule has 0 unspecified atom stereocenters. The molecule has 3 aromatic rings. The van der Waals surface area contributed by atoms with Crippen molar-refractivity contribution in [1.29, 1.82) is 0 Å². The van der Waals surface area contributed by atoms with Gasteiger partial charge >= 0.3 is 0 Å². The Labute approximate surface area is 159 Å². The summed E-state index contributed by atoms with van der Waals surface area (Å²) >= 11 is 5.77. The molecule has 0 spiro atoms. The average molecular weight is 389 g/mol. The number of nitrogens with zero attached hydrogens (tertiary/aromatic N) is 2. The molecule has 1 aromatic heterocycles. The maximum Gasteiger partial charge on any atom is 0.270 e. The first-order valence-electron chi connectivity index (χ1n) is 8.01. The minimum Gasteiger partial charge on any atom is -0.347 e. The molecule has 2 aromatic carbocycles. The van der Waals surface area contributed by atoms with E-state index in [1.807, 2.05) is 0 Å². The predicted molar refractivity (Wildman–Crippen MR) is 99.0 cm³/mol. The SMILES string of the molecule is Cc1nc(Nc2ccc(F)c(Cl)c2)cc(C(=O)NCc2ccc(F)cc2)n1. The van der Waals surface area contributed by atoms with Gasteiger partial charge in [-0.3, -0.25) is 4.79 Å². The number of aryl methyl sites for hydroxylation is 1. The van der Waals surface area contributed by atoms with E-state index in [9.17, 15) is 13.6 Å². The summed E-state index contributed by atoms with van der Waals surface area (Å²) in [4.78, 5) is 20.7. The van der Waals surface area contributed by atoms with Crippen LogP contribution in [0, 0.1) is 18.6 Å². The third kappa shape index (κ3) is 4.98. The molecule has 0 aliphatic heterocycles. The second-order valence-corrected chi connectivity index (χ2v) is 6.16. The first kappa shape index (κ1) is 18.7. The molecule has 3 rings (SSSR count). The Morgan fingerprint density at radius 2 is 1.81 bits per heavy atom. The van der Waals surface area contributed by atoms with Crippen LogP contribution >= 0.6 is 11.6 Å². The zero-order chi connectivity index (χ0) is 19.4. The summed E-state index contributed by atoms with van der Waals surface area (Å²) in [6, 6.07) is 11.5. The van der Waals surface area contributed by atoms with Gasteiger partial charge in [0.1, 0.15) is 29.0 Å². The molecule has 5 nitrogen and oxygen atoms in total. The van der Waals surface area contributed by atoms with Crippen LogP contribution in [-0.2, 0) is 6.54 Å². The fraction of sp³-hybridized carbons (Fsp3) is 0.105. The number of benzene rings is 2. The van der Waals surface area contributed by atoms with Gasteiger partial charge in [-0.1, -0.05) is 23.7 Å². The van der Waals surface area contributed by atoms with Crippen LogP contribution in [0.1, 0.15) is 21.9 Å². The number of nitrogens with one attached hydrogen (secondary N) is 2. The van der Waals surface area contributed by atoms with Gasteiger partial charge in [-0.25, -0.2) is 18.7 Å². The standard InChI is InChI=1S/C19H15ClF2N4O/c1-11-24-17(19(27)23-10-12-2-4-13(21)5-3-12)9-18(25-11)26-14-6-7-16(22)15(20)8-14/h2-9H,10H2,1H3,(H,23,27)(H,24,25,26). The van der Waals surface area contributed by atoms with Crippen LogP contribution in [0.15, 0.2) is 48.5 Å². The number of carbonyl (C=O) groups is 1. The predicted octanol–water partition coefficient (Wildman–Crippen LogP) is 4.39. The minimum absolute atomic E-state index is 0.0250. The zero-order valence-corrected chi connectivity index (χ0v) is 15.0. The number of hydrogen-bond donors (Lipinski definition) is 2. The van der Waals surface area contributed by atoms with E-state index in [1.165, 1.54) is 36.4 Å². The van der Waals surface area contributed by atoms with Crippen molar-refractivity contribution in [2.75, 3.05) is 5.32 Å². The first-order chi connectivity index (χ1) is 12.9. The summed E-state index contributed by atoms with van der Waals surface area (Å²) in [5.74, 6) is -0.502. The van der Waals surface area contributed by atoms with E-state index < -0.39 is 11.7 Å². The minimum atomic E-state index is -0.526. The maximum atomic E-state index is 13.3. The summed E-state index contributed by atoms with van der Waals surface area (Å²) in [7, 11) is 0. The van der Waals surface area contributed by atoms with Gasteiger partial charge < -0.3 is 10.6 Å². The highest BCUT2D eigenvalue weighted by Gasteiger charge is 2.11. The molecule has 0 aliphatic rings. The van der Waals surface area contributed by atoms with Crippen molar-refractivity contribution in [3.8, 4) is 0 Å². The lowest BCUT2D eigenvalue weighted by Gasteiger charge is -2.10. The second kappa shape index (κ2) is 8.09. The van der Waals surface area contributed by atoms with Crippen molar-refractivity contribution < 1.29 is 13.6 Å². The van der Waals surface area contributed by atoms with Gasteiger partial charge in [-0.2, -0.15) is 0 Å². The highest BCUT2D eigenvalue weighted by molar-refractivity contribution is 6.31. The van der Waals surface area contributed by atoms with Crippen molar-refractivity contribution in [2.24, 2.45) is 0 Å². The third-order valence-corrected chi connectivity index (χ3v) is 3.92. The summed E-state index contributed by atoms with van der Waals surface area (Å²) < 4.78 is 26.2. The average Bonchev–Trinajstić information content (AvgIpc) is 2.63. The quantitative estimate of drug-likeness (QED) is 0.680. The van der Waals surface area contributed by atoms with Crippen molar-refractivity contribution >= 4 is 29.0 Å². The van der Waals surface area contributed by atoms with Gasteiger partial charge in [0.15, 0.2) is 0 Å². The van der Waals surface area contributed by atoms with E-state index in [2.05, 4.69) is 20.6 Å². The molecular weight excluding hydrogens is 374 g/mol. The van der Waals surface area contributed by atoms with Gasteiger partial charge in [0.2, 0.25) is 0 Å². The number of aromatic nitrogens is 2. The molecule has 0 saturated heterocycles. The first-order valence-corrected chi connectivity index (χ1v) is 8.39.